The van der Waals surface area contributed by atoms with E-state index < -0.39 is 28.5 Å². The summed E-state index contributed by atoms with van der Waals surface area (Å²) in [6.45, 7) is 1.47. The molecule has 0 aromatic heterocycles. The second-order valence-electron chi connectivity index (χ2n) is 11.6. The van der Waals surface area contributed by atoms with Crippen LogP contribution in [0.15, 0.2) is 108 Å². The van der Waals surface area contributed by atoms with E-state index in [4.69, 9.17) is 23.2 Å². The summed E-state index contributed by atoms with van der Waals surface area (Å²) in [5, 5.41) is 3.63. The van der Waals surface area contributed by atoms with Gasteiger partial charge in [-0.25, -0.2) is 8.42 Å². The first-order valence-corrected chi connectivity index (χ1v) is 17.5. The predicted octanol–water partition coefficient (Wildman–Crippen LogP) is 7.20. The molecule has 0 heterocycles. The SMILES string of the molecule is Cc1ccccc1CN(C(=O)CN(c1cc(Cl)cc(Cl)c1)S(=O)(=O)c1ccccc1)[C@@H](Cc1ccccc1)C(=O)NC1CCCC1. The number of hydrogen-bond acceptors (Lipinski definition) is 4. The van der Waals surface area contributed by atoms with E-state index in [0.29, 0.717) is 0 Å². The van der Waals surface area contributed by atoms with E-state index in [1.165, 1.54) is 35.2 Å². The fourth-order valence-corrected chi connectivity index (χ4v) is 7.76. The molecule has 2 amide bonds. The van der Waals surface area contributed by atoms with Crippen molar-refractivity contribution in [3.63, 3.8) is 0 Å². The minimum atomic E-state index is -4.25. The summed E-state index contributed by atoms with van der Waals surface area (Å²) < 4.78 is 29.3. The molecule has 0 saturated heterocycles. The van der Waals surface area contributed by atoms with Gasteiger partial charge in [0.15, 0.2) is 0 Å². The number of benzene rings is 4. The van der Waals surface area contributed by atoms with Crippen LogP contribution in [0.2, 0.25) is 10.0 Å². The lowest BCUT2D eigenvalue weighted by Gasteiger charge is -2.34. The molecule has 0 bridgehead atoms. The number of nitrogens with zero attached hydrogens (tertiary/aromatic N) is 2. The van der Waals surface area contributed by atoms with Crippen molar-refractivity contribution in [2.45, 2.75) is 62.6 Å². The highest BCUT2D eigenvalue weighted by atomic mass is 35.5. The van der Waals surface area contributed by atoms with Crippen molar-refractivity contribution in [2.24, 2.45) is 0 Å². The molecule has 7 nitrogen and oxygen atoms in total. The number of halogens is 2. The summed E-state index contributed by atoms with van der Waals surface area (Å²) >= 11 is 12.6. The summed E-state index contributed by atoms with van der Waals surface area (Å²) in [6.07, 6.45) is 4.09. The van der Waals surface area contributed by atoms with Crippen LogP contribution in [-0.4, -0.2) is 43.8 Å². The molecule has 0 unspecified atom stereocenters. The molecule has 1 aliphatic carbocycles. The van der Waals surface area contributed by atoms with Gasteiger partial charge in [0, 0.05) is 29.1 Å². The average molecular weight is 679 g/mol. The molecular weight excluding hydrogens is 641 g/mol. The standard InChI is InChI=1S/C36H37Cl2N3O4S/c1-26-12-8-9-15-28(26)24-40(34(20-27-13-4-2-5-14-27)36(43)39-31-16-10-11-17-31)35(42)25-41(32-22-29(37)21-30(38)23-32)46(44,45)33-18-6-3-7-19-33/h2-9,12-15,18-19,21-23,31,34H,10-11,16-17,20,24-25H2,1H3,(H,39,43)/t34-/m0/s1. The molecule has 4 aromatic carbocycles. The zero-order valence-electron chi connectivity index (χ0n) is 25.6. The summed E-state index contributed by atoms with van der Waals surface area (Å²) in [6, 6.07) is 28.6. The van der Waals surface area contributed by atoms with Gasteiger partial charge in [0.05, 0.1) is 10.6 Å². The van der Waals surface area contributed by atoms with Crippen molar-refractivity contribution in [3.8, 4) is 0 Å². The Morgan fingerprint density at radius 3 is 2.07 bits per heavy atom. The fraction of sp³-hybridized carbons (Fsp3) is 0.278. The van der Waals surface area contributed by atoms with Crippen molar-refractivity contribution in [1.29, 1.82) is 0 Å². The maximum absolute atomic E-state index is 14.6. The zero-order valence-corrected chi connectivity index (χ0v) is 27.9. The Morgan fingerprint density at radius 2 is 1.43 bits per heavy atom. The molecule has 0 radical (unpaired) electrons. The van der Waals surface area contributed by atoms with Gasteiger partial charge in [0.2, 0.25) is 11.8 Å². The first-order valence-electron chi connectivity index (χ1n) is 15.3. The average Bonchev–Trinajstić information content (AvgIpc) is 3.55. The molecule has 1 atom stereocenters. The molecule has 10 heteroatoms. The molecule has 1 fully saturated rings. The number of anilines is 1. The van der Waals surface area contributed by atoms with Gasteiger partial charge in [-0.2, -0.15) is 0 Å². The summed E-state index contributed by atoms with van der Waals surface area (Å²) in [7, 11) is -4.25. The largest absolute Gasteiger partial charge is 0.352 e. The molecule has 1 saturated carbocycles. The molecule has 5 rings (SSSR count). The summed E-state index contributed by atoms with van der Waals surface area (Å²) in [5.74, 6) is -0.803. The van der Waals surface area contributed by atoms with Crippen LogP contribution in [0.1, 0.15) is 42.4 Å². The maximum Gasteiger partial charge on any atom is 0.264 e. The van der Waals surface area contributed by atoms with Crippen molar-refractivity contribution < 1.29 is 18.0 Å². The highest BCUT2D eigenvalue weighted by molar-refractivity contribution is 7.92. The Hall–Kier alpha value is -3.85. The van der Waals surface area contributed by atoms with Crippen LogP contribution < -0.4 is 9.62 Å². The van der Waals surface area contributed by atoms with E-state index in [-0.39, 0.29) is 45.5 Å². The third kappa shape index (κ3) is 8.29. The normalized spacial score (nSPS) is 14.1. The Labute approximate surface area is 281 Å². The summed E-state index contributed by atoms with van der Waals surface area (Å²) in [4.78, 5) is 30.3. The number of carbonyl (C=O) groups excluding carboxylic acids is 2. The van der Waals surface area contributed by atoms with Gasteiger partial charge in [-0.15, -0.1) is 0 Å². The van der Waals surface area contributed by atoms with E-state index in [1.807, 2.05) is 61.5 Å². The first-order chi connectivity index (χ1) is 22.1. The molecular formula is C36H37Cl2N3O4S. The van der Waals surface area contributed by atoms with Gasteiger partial charge in [-0.05, 0) is 66.8 Å². The fourth-order valence-electron chi connectivity index (χ4n) is 5.82. The number of nitrogens with one attached hydrogen (secondary N) is 1. The Bertz CT molecular complexity index is 1740. The van der Waals surface area contributed by atoms with Crippen LogP contribution in [0.3, 0.4) is 0 Å². The number of carbonyl (C=O) groups is 2. The second-order valence-corrected chi connectivity index (χ2v) is 14.3. The van der Waals surface area contributed by atoms with Crippen LogP contribution in [0.25, 0.3) is 0 Å². The van der Waals surface area contributed by atoms with E-state index in [2.05, 4.69) is 5.32 Å². The smallest absolute Gasteiger partial charge is 0.264 e. The van der Waals surface area contributed by atoms with Gasteiger partial charge in [0.25, 0.3) is 10.0 Å². The minimum absolute atomic E-state index is 0.00386. The second kappa shape index (κ2) is 15.2. The number of aryl methyl sites for hydroxylation is 1. The Morgan fingerprint density at radius 1 is 0.848 bits per heavy atom. The zero-order chi connectivity index (χ0) is 32.7. The van der Waals surface area contributed by atoms with Crippen LogP contribution in [-0.2, 0) is 32.6 Å². The number of rotatable bonds is 12. The lowest BCUT2D eigenvalue weighted by Crippen LogP contribution is -2.54. The van der Waals surface area contributed by atoms with Crippen molar-refractivity contribution in [2.75, 3.05) is 10.8 Å². The maximum atomic E-state index is 14.6. The highest BCUT2D eigenvalue weighted by Gasteiger charge is 2.36. The topological polar surface area (TPSA) is 86.8 Å². The Balaban J connectivity index is 1.59. The Kier molecular flexibility index (Phi) is 11.0. The molecule has 4 aromatic rings. The van der Waals surface area contributed by atoms with Crippen LogP contribution in [0, 0.1) is 6.92 Å². The third-order valence-corrected chi connectivity index (χ3v) is 10.5. The summed E-state index contributed by atoms with van der Waals surface area (Å²) in [5.41, 5.74) is 2.82. The third-order valence-electron chi connectivity index (χ3n) is 8.32. The lowest BCUT2D eigenvalue weighted by atomic mass is 10.0. The quantitative estimate of drug-likeness (QED) is 0.172. The monoisotopic (exact) mass is 677 g/mol. The van der Waals surface area contributed by atoms with Gasteiger partial charge < -0.3 is 10.2 Å². The number of sulfonamides is 1. The minimum Gasteiger partial charge on any atom is -0.352 e. The van der Waals surface area contributed by atoms with Crippen LogP contribution in [0.4, 0.5) is 5.69 Å². The molecule has 0 spiro atoms. The number of amides is 2. The van der Waals surface area contributed by atoms with Crippen LogP contribution in [0.5, 0.6) is 0 Å². The first kappa shape index (κ1) is 33.5. The highest BCUT2D eigenvalue weighted by Crippen LogP contribution is 2.30. The van der Waals surface area contributed by atoms with E-state index in [1.54, 1.807) is 18.2 Å². The molecule has 1 aliphatic rings. The van der Waals surface area contributed by atoms with Gasteiger partial charge in [-0.1, -0.05) is 109 Å². The molecule has 1 N–H and O–H groups in total. The molecule has 46 heavy (non-hydrogen) atoms. The van der Waals surface area contributed by atoms with Crippen molar-refractivity contribution in [3.05, 3.63) is 130 Å². The van der Waals surface area contributed by atoms with Crippen LogP contribution >= 0.6 is 23.2 Å². The van der Waals surface area contributed by atoms with Gasteiger partial charge in [-0.3, -0.25) is 13.9 Å². The van der Waals surface area contributed by atoms with Crippen molar-refractivity contribution >= 4 is 50.7 Å². The molecule has 240 valence electrons. The number of hydrogen-bond donors (Lipinski definition) is 1. The van der Waals surface area contributed by atoms with E-state index in [0.717, 1.165) is 46.7 Å². The lowest BCUT2D eigenvalue weighted by molar-refractivity contribution is -0.140. The predicted molar refractivity (Wildman–Crippen MR) is 183 cm³/mol. The van der Waals surface area contributed by atoms with Crippen molar-refractivity contribution in [1.82, 2.24) is 10.2 Å². The van der Waals surface area contributed by atoms with Gasteiger partial charge >= 0.3 is 0 Å². The van der Waals surface area contributed by atoms with E-state index >= 15 is 0 Å². The van der Waals surface area contributed by atoms with Gasteiger partial charge in [0.1, 0.15) is 12.6 Å². The molecule has 0 aliphatic heterocycles. The van der Waals surface area contributed by atoms with E-state index in [9.17, 15) is 18.0 Å².